The zero-order valence-electron chi connectivity index (χ0n) is 15.1. The summed E-state index contributed by atoms with van der Waals surface area (Å²) in [6.45, 7) is 4.21. The highest BCUT2D eigenvalue weighted by Gasteiger charge is 2.43. The van der Waals surface area contributed by atoms with Crippen LogP contribution in [0.25, 0.3) is 0 Å². The summed E-state index contributed by atoms with van der Waals surface area (Å²) in [4.78, 5) is 24.9. The number of ether oxygens (including phenoxy) is 2. The van der Waals surface area contributed by atoms with Crippen LogP contribution in [0.5, 0.6) is 0 Å². The Kier molecular flexibility index (Phi) is 6.05. The number of halogens is 2. The third-order valence-corrected chi connectivity index (χ3v) is 3.59. The van der Waals surface area contributed by atoms with E-state index in [1.165, 1.54) is 0 Å². The van der Waals surface area contributed by atoms with E-state index in [2.05, 4.69) is 5.32 Å². The molecule has 1 aliphatic heterocycles. The Balaban J connectivity index is 1.93. The predicted molar refractivity (Wildman–Crippen MR) is 90.9 cm³/mol. The Morgan fingerprint density at radius 2 is 1.92 bits per heavy atom. The van der Waals surface area contributed by atoms with Gasteiger partial charge in [-0.1, -0.05) is 30.3 Å². The maximum absolute atomic E-state index is 14.0. The van der Waals surface area contributed by atoms with Crippen LogP contribution in [0.2, 0.25) is 0 Å². The van der Waals surface area contributed by atoms with Gasteiger partial charge in [-0.15, -0.1) is 0 Å². The van der Waals surface area contributed by atoms with Crippen molar-refractivity contribution < 1.29 is 27.8 Å². The fraction of sp³-hybridized carbons (Fsp3) is 0.556. The first-order valence-electron chi connectivity index (χ1n) is 8.37. The van der Waals surface area contributed by atoms with Crippen LogP contribution in [0.15, 0.2) is 30.3 Å². The highest BCUT2D eigenvalue weighted by Crippen LogP contribution is 2.27. The summed E-state index contributed by atoms with van der Waals surface area (Å²) in [6.07, 6.45) is -2.20. The predicted octanol–water partition coefficient (Wildman–Crippen LogP) is 3.56. The van der Waals surface area contributed by atoms with Crippen molar-refractivity contribution in [2.24, 2.45) is 0 Å². The van der Waals surface area contributed by atoms with E-state index in [-0.39, 0.29) is 13.2 Å². The van der Waals surface area contributed by atoms with Crippen LogP contribution in [0.4, 0.5) is 18.4 Å². The SMILES string of the molecule is CC(C)(C)OC(=O)N[C@H]1CN(C(=O)OCc2ccccc2)CC(F)(F)C1. The van der Waals surface area contributed by atoms with Crippen molar-refractivity contribution in [3.63, 3.8) is 0 Å². The lowest BCUT2D eigenvalue weighted by Crippen LogP contribution is -2.57. The molecule has 8 heteroatoms. The molecule has 0 aromatic heterocycles. The molecular formula is C18H24F2N2O4. The van der Waals surface area contributed by atoms with Crippen molar-refractivity contribution in [1.82, 2.24) is 10.2 Å². The zero-order chi connectivity index (χ0) is 19.4. The third-order valence-electron chi connectivity index (χ3n) is 3.59. The molecule has 0 spiro atoms. The number of rotatable bonds is 3. The van der Waals surface area contributed by atoms with E-state index < -0.39 is 42.7 Å². The van der Waals surface area contributed by atoms with Gasteiger partial charge in [0, 0.05) is 13.0 Å². The molecule has 26 heavy (non-hydrogen) atoms. The van der Waals surface area contributed by atoms with Crippen molar-refractivity contribution in [3.05, 3.63) is 35.9 Å². The zero-order valence-corrected chi connectivity index (χ0v) is 15.1. The normalized spacial score (nSPS) is 19.6. The molecule has 1 heterocycles. The molecular weight excluding hydrogens is 346 g/mol. The quantitative estimate of drug-likeness (QED) is 0.883. The van der Waals surface area contributed by atoms with Crippen LogP contribution in [0.1, 0.15) is 32.8 Å². The van der Waals surface area contributed by atoms with Crippen LogP contribution in [-0.2, 0) is 16.1 Å². The Labute approximate surface area is 151 Å². The van der Waals surface area contributed by atoms with Crippen molar-refractivity contribution >= 4 is 12.2 Å². The van der Waals surface area contributed by atoms with Crippen molar-refractivity contribution in [3.8, 4) is 0 Å². The highest BCUT2D eigenvalue weighted by molar-refractivity contribution is 5.70. The number of piperidine rings is 1. The molecule has 0 saturated carbocycles. The summed E-state index contributed by atoms with van der Waals surface area (Å²) in [6, 6.07) is 8.02. The van der Waals surface area contributed by atoms with Gasteiger partial charge in [0.1, 0.15) is 12.2 Å². The summed E-state index contributed by atoms with van der Waals surface area (Å²) in [5, 5.41) is 2.40. The number of nitrogens with one attached hydrogen (secondary N) is 1. The Hall–Kier alpha value is -2.38. The molecule has 6 nitrogen and oxygen atoms in total. The van der Waals surface area contributed by atoms with Gasteiger partial charge in [0.2, 0.25) is 0 Å². The third kappa shape index (κ3) is 6.50. The minimum absolute atomic E-state index is 0.00803. The van der Waals surface area contributed by atoms with Crippen LogP contribution in [0.3, 0.4) is 0 Å². The lowest BCUT2D eigenvalue weighted by atomic mass is 10.0. The van der Waals surface area contributed by atoms with Crippen LogP contribution < -0.4 is 5.32 Å². The second-order valence-corrected chi connectivity index (χ2v) is 7.32. The van der Waals surface area contributed by atoms with Gasteiger partial charge in [-0.05, 0) is 26.3 Å². The number of carbonyl (C=O) groups is 2. The summed E-state index contributed by atoms with van der Waals surface area (Å²) in [5.74, 6) is -3.12. The monoisotopic (exact) mass is 370 g/mol. The van der Waals surface area contributed by atoms with Crippen molar-refractivity contribution in [2.45, 2.75) is 51.4 Å². The van der Waals surface area contributed by atoms with Gasteiger partial charge in [-0.3, -0.25) is 0 Å². The van der Waals surface area contributed by atoms with Crippen molar-refractivity contribution in [2.75, 3.05) is 13.1 Å². The number of hydrogen-bond donors (Lipinski definition) is 1. The van der Waals surface area contributed by atoms with E-state index in [1.54, 1.807) is 45.0 Å². The Morgan fingerprint density at radius 3 is 2.54 bits per heavy atom. The Bertz CT molecular complexity index is 632. The van der Waals surface area contributed by atoms with Crippen LogP contribution in [0, 0.1) is 0 Å². The minimum atomic E-state index is -3.12. The second kappa shape index (κ2) is 7.88. The van der Waals surface area contributed by atoms with Gasteiger partial charge in [0.05, 0.1) is 12.6 Å². The van der Waals surface area contributed by atoms with Gasteiger partial charge >= 0.3 is 12.2 Å². The fourth-order valence-corrected chi connectivity index (χ4v) is 2.62. The molecule has 2 amide bonds. The molecule has 1 N–H and O–H groups in total. The molecule has 144 valence electrons. The molecule has 1 aromatic carbocycles. The molecule has 0 bridgehead atoms. The average molecular weight is 370 g/mol. The number of alkyl carbamates (subject to hydrolysis) is 1. The van der Waals surface area contributed by atoms with Gasteiger partial charge < -0.3 is 19.7 Å². The van der Waals surface area contributed by atoms with E-state index in [4.69, 9.17) is 9.47 Å². The van der Waals surface area contributed by atoms with E-state index in [0.29, 0.717) is 0 Å². The fourth-order valence-electron chi connectivity index (χ4n) is 2.62. The highest BCUT2D eigenvalue weighted by atomic mass is 19.3. The van der Waals surface area contributed by atoms with E-state index >= 15 is 0 Å². The maximum atomic E-state index is 14.0. The molecule has 2 rings (SSSR count). The molecule has 1 saturated heterocycles. The second-order valence-electron chi connectivity index (χ2n) is 7.32. The molecule has 1 fully saturated rings. The van der Waals surface area contributed by atoms with Gasteiger partial charge in [-0.25, -0.2) is 18.4 Å². The number of alkyl halides is 2. The largest absolute Gasteiger partial charge is 0.445 e. The number of hydrogen-bond acceptors (Lipinski definition) is 4. The summed E-state index contributed by atoms with van der Waals surface area (Å²) >= 11 is 0. The first-order valence-corrected chi connectivity index (χ1v) is 8.37. The van der Waals surface area contributed by atoms with Gasteiger partial charge in [-0.2, -0.15) is 0 Å². The summed E-state index contributed by atoms with van der Waals surface area (Å²) in [5.41, 5.74) is 0.0169. The van der Waals surface area contributed by atoms with Gasteiger partial charge in [0.15, 0.2) is 0 Å². The average Bonchev–Trinajstić information content (AvgIpc) is 2.50. The molecule has 0 radical (unpaired) electrons. The number of nitrogens with zero attached hydrogens (tertiary/aromatic N) is 1. The smallest absolute Gasteiger partial charge is 0.410 e. The van der Waals surface area contributed by atoms with Crippen LogP contribution >= 0.6 is 0 Å². The minimum Gasteiger partial charge on any atom is -0.445 e. The Morgan fingerprint density at radius 1 is 1.27 bits per heavy atom. The lowest BCUT2D eigenvalue weighted by Gasteiger charge is -2.37. The van der Waals surface area contributed by atoms with E-state index in [0.717, 1.165) is 10.5 Å². The van der Waals surface area contributed by atoms with E-state index in [9.17, 15) is 18.4 Å². The molecule has 1 aliphatic rings. The lowest BCUT2D eigenvalue weighted by molar-refractivity contribution is -0.0719. The number of amides is 2. The first kappa shape index (κ1) is 19.9. The first-order chi connectivity index (χ1) is 12.0. The summed E-state index contributed by atoms with van der Waals surface area (Å²) < 4.78 is 38.1. The van der Waals surface area contributed by atoms with Crippen LogP contribution in [-0.4, -0.2) is 47.7 Å². The molecule has 1 atom stereocenters. The molecule has 0 aliphatic carbocycles. The number of likely N-dealkylation sites (tertiary alicyclic amines) is 1. The van der Waals surface area contributed by atoms with Crippen molar-refractivity contribution in [1.29, 1.82) is 0 Å². The number of benzene rings is 1. The standard InChI is InChI=1S/C18H24F2N2O4/c1-17(2,3)26-15(23)21-14-9-18(19,20)12-22(10-14)16(24)25-11-13-7-5-4-6-8-13/h4-8,14H,9-12H2,1-3H3,(H,21,23)/t14-/m1/s1. The summed E-state index contributed by atoms with van der Waals surface area (Å²) in [7, 11) is 0. The molecule has 0 unspecified atom stereocenters. The maximum Gasteiger partial charge on any atom is 0.410 e. The molecule has 1 aromatic rings. The van der Waals surface area contributed by atoms with Gasteiger partial charge in [0.25, 0.3) is 5.92 Å². The topological polar surface area (TPSA) is 67.9 Å². The van der Waals surface area contributed by atoms with E-state index in [1.807, 2.05) is 6.07 Å². The number of carbonyl (C=O) groups excluding carboxylic acids is 2.